The van der Waals surface area contributed by atoms with Gasteiger partial charge in [0.1, 0.15) is 0 Å². The van der Waals surface area contributed by atoms with Crippen molar-refractivity contribution in [3.05, 3.63) is 64.8 Å². The van der Waals surface area contributed by atoms with Crippen LogP contribution in [0.5, 0.6) is 0 Å². The summed E-state index contributed by atoms with van der Waals surface area (Å²) in [5, 5.41) is 0.998. The lowest BCUT2D eigenvalue weighted by Crippen LogP contribution is -2.17. The fourth-order valence-corrected chi connectivity index (χ4v) is 2.71. The molecule has 1 aromatic heterocycles. The molecule has 0 aliphatic rings. The quantitative estimate of drug-likeness (QED) is 0.725. The molecule has 2 aromatic carbocycles. The Morgan fingerprint density at radius 3 is 2.62 bits per heavy atom. The van der Waals surface area contributed by atoms with Crippen LogP contribution in [0, 0.1) is 0 Å². The highest BCUT2D eigenvalue weighted by atomic mass is 79.9. The van der Waals surface area contributed by atoms with Gasteiger partial charge in [-0.1, -0.05) is 28.1 Å². The fraction of sp³-hybridized carbons (Fsp3) is 0.118. The molecule has 3 nitrogen and oxygen atoms in total. The Morgan fingerprint density at radius 2 is 1.86 bits per heavy atom. The van der Waals surface area contributed by atoms with Gasteiger partial charge in [-0.25, -0.2) is 0 Å². The number of aromatic nitrogens is 1. The summed E-state index contributed by atoms with van der Waals surface area (Å²) < 4.78 is 1.09. The largest absolute Gasteiger partial charge is 0.396 e. The Kier molecular flexibility index (Phi) is 3.80. The van der Waals surface area contributed by atoms with Gasteiger partial charge in [-0.15, -0.1) is 0 Å². The number of nitrogen functional groups attached to an aromatic ring is 1. The second-order valence-electron chi connectivity index (χ2n) is 5.05. The SMILES string of the molecule is CN(Cc1ccc(Br)cc1)c1ccc2ncccc2c1N. The fourth-order valence-electron chi connectivity index (χ4n) is 2.45. The number of halogens is 1. The molecule has 0 radical (unpaired) electrons. The molecule has 106 valence electrons. The van der Waals surface area contributed by atoms with Crippen molar-refractivity contribution in [1.82, 2.24) is 4.98 Å². The highest BCUT2D eigenvalue weighted by Crippen LogP contribution is 2.30. The van der Waals surface area contributed by atoms with E-state index in [1.54, 1.807) is 6.20 Å². The first-order valence-electron chi connectivity index (χ1n) is 6.74. The van der Waals surface area contributed by atoms with Gasteiger partial charge in [-0.3, -0.25) is 4.98 Å². The Labute approximate surface area is 132 Å². The first-order chi connectivity index (χ1) is 10.1. The maximum Gasteiger partial charge on any atom is 0.0724 e. The zero-order valence-electron chi connectivity index (χ0n) is 11.8. The first-order valence-corrected chi connectivity index (χ1v) is 7.53. The van der Waals surface area contributed by atoms with Crippen LogP contribution in [-0.2, 0) is 6.54 Å². The molecule has 0 saturated carbocycles. The number of fused-ring (bicyclic) bond motifs is 1. The number of nitrogens with two attached hydrogens (primary N) is 1. The average Bonchev–Trinajstić information content (AvgIpc) is 2.50. The third kappa shape index (κ3) is 2.85. The van der Waals surface area contributed by atoms with Crippen LogP contribution in [0.3, 0.4) is 0 Å². The lowest BCUT2D eigenvalue weighted by Gasteiger charge is -2.22. The van der Waals surface area contributed by atoms with E-state index in [2.05, 4.69) is 57.1 Å². The second-order valence-corrected chi connectivity index (χ2v) is 5.97. The Bertz CT molecular complexity index is 769. The third-order valence-electron chi connectivity index (χ3n) is 3.55. The van der Waals surface area contributed by atoms with Crippen LogP contribution >= 0.6 is 15.9 Å². The molecule has 0 bridgehead atoms. The number of hydrogen-bond acceptors (Lipinski definition) is 3. The maximum atomic E-state index is 6.31. The minimum Gasteiger partial charge on any atom is -0.396 e. The van der Waals surface area contributed by atoms with Crippen molar-refractivity contribution < 1.29 is 0 Å². The molecule has 0 amide bonds. The lowest BCUT2D eigenvalue weighted by molar-refractivity contribution is 0.925. The zero-order valence-corrected chi connectivity index (χ0v) is 13.3. The highest BCUT2D eigenvalue weighted by Gasteiger charge is 2.09. The van der Waals surface area contributed by atoms with Crippen LogP contribution in [-0.4, -0.2) is 12.0 Å². The molecule has 0 atom stereocenters. The molecule has 21 heavy (non-hydrogen) atoms. The van der Waals surface area contributed by atoms with Gasteiger partial charge in [0.25, 0.3) is 0 Å². The Balaban J connectivity index is 1.92. The van der Waals surface area contributed by atoms with Crippen LogP contribution in [0.2, 0.25) is 0 Å². The summed E-state index contributed by atoms with van der Waals surface area (Å²) in [5.41, 5.74) is 10.3. The van der Waals surface area contributed by atoms with E-state index in [9.17, 15) is 0 Å². The minimum atomic E-state index is 0.778. The molecule has 0 unspecified atom stereocenters. The van der Waals surface area contributed by atoms with E-state index in [0.29, 0.717) is 0 Å². The summed E-state index contributed by atoms with van der Waals surface area (Å²) >= 11 is 3.45. The van der Waals surface area contributed by atoms with Crippen molar-refractivity contribution in [3.8, 4) is 0 Å². The average molecular weight is 342 g/mol. The molecular formula is C17H16BrN3. The molecule has 4 heteroatoms. The van der Waals surface area contributed by atoms with E-state index >= 15 is 0 Å². The molecule has 3 aromatic rings. The number of hydrogen-bond donors (Lipinski definition) is 1. The van der Waals surface area contributed by atoms with Gasteiger partial charge in [0, 0.05) is 29.6 Å². The number of anilines is 2. The molecular weight excluding hydrogens is 326 g/mol. The molecule has 0 aliphatic heterocycles. The number of pyridine rings is 1. The van der Waals surface area contributed by atoms with Gasteiger partial charge >= 0.3 is 0 Å². The molecule has 3 rings (SSSR count). The summed E-state index contributed by atoms with van der Waals surface area (Å²) in [6.07, 6.45) is 1.78. The van der Waals surface area contributed by atoms with Gasteiger partial charge in [0.05, 0.1) is 16.9 Å². The Hall–Kier alpha value is -2.07. The first kappa shape index (κ1) is 13.9. The minimum absolute atomic E-state index is 0.778. The van der Waals surface area contributed by atoms with Gasteiger partial charge in [0.15, 0.2) is 0 Å². The van der Waals surface area contributed by atoms with Crippen molar-refractivity contribution in [3.63, 3.8) is 0 Å². The predicted octanol–water partition coefficient (Wildman–Crippen LogP) is 4.22. The molecule has 0 aliphatic carbocycles. The van der Waals surface area contributed by atoms with Gasteiger partial charge in [-0.2, -0.15) is 0 Å². The molecule has 0 spiro atoms. The van der Waals surface area contributed by atoms with E-state index in [1.165, 1.54) is 5.56 Å². The van der Waals surface area contributed by atoms with E-state index in [-0.39, 0.29) is 0 Å². The van der Waals surface area contributed by atoms with Crippen molar-refractivity contribution in [2.24, 2.45) is 0 Å². The van der Waals surface area contributed by atoms with E-state index in [0.717, 1.165) is 33.3 Å². The van der Waals surface area contributed by atoms with E-state index in [1.807, 2.05) is 24.3 Å². The van der Waals surface area contributed by atoms with Gasteiger partial charge < -0.3 is 10.6 Å². The second kappa shape index (κ2) is 5.74. The van der Waals surface area contributed by atoms with Crippen molar-refractivity contribution in [2.75, 3.05) is 17.7 Å². The smallest absolute Gasteiger partial charge is 0.0724 e. The van der Waals surface area contributed by atoms with Crippen LogP contribution in [0.15, 0.2) is 59.2 Å². The normalized spacial score (nSPS) is 10.8. The Morgan fingerprint density at radius 1 is 1.10 bits per heavy atom. The lowest BCUT2D eigenvalue weighted by atomic mass is 10.1. The maximum absolute atomic E-state index is 6.31. The zero-order chi connectivity index (χ0) is 14.8. The van der Waals surface area contributed by atoms with Gasteiger partial charge in [-0.05, 0) is 42.0 Å². The molecule has 0 saturated heterocycles. The van der Waals surface area contributed by atoms with Crippen molar-refractivity contribution in [2.45, 2.75) is 6.54 Å². The summed E-state index contributed by atoms with van der Waals surface area (Å²) in [4.78, 5) is 6.49. The summed E-state index contributed by atoms with van der Waals surface area (Å²) in [7, 11) is 2.05. The van der Waals surface area contributed by atoms with Crippen LogP contribution in [0.25, 0.3) is 10.9 Å². The van der Waals surface area contributed by atoms with Crippen LogP contribution < -0.4 is 10.6 Å². The molecule has 2 N–H and O–H groups in total. The summed E-state index contributed by atoms with van der Waals surface area (Å²) in [6.45, 7) is 0.809. The summed E-state index contributed by atoms with van der Waals surface area (Å²) in [6, 6.07) is 16.3. The number of benzene rings is 2. The van der Waals surface area contributed by atoms with Crippen LogP contribution in [0.4, 0.5) is 11.4 Å². The summed E-state index contributed by atoms with van der Waals surface area (Å²) in [5.74, 6) is 0. The number of rotatable bonds is 3. The van der Waals surface area contributed by atoms with E-state index < -0.39 is 0 Å². The molecule has 1 heterocycles. The van der Waals surface area contributed by atoms with Crippen molar-refractivity contribution >= 4 is 38.2 Å². The van der Waals surface area contributed by atoms with E-state index in [4.69, 9.17) is 5.73 Å². The molecule has 0 fully saturated rings. The topological polar surface area (TPSA) is 42.2 Å². The number of nitrogens with zero attached hydrogens (tertiary/aromatic N) is 2. The third-order valence-corrected chi connectivity index (χ3v) is 4.08. The van der Waals surface area contributed by atoms with Gasteiger partial charge in [0.2, 0.25) is 0 Å². The van der Waals surface area contributed by atoms with Crippen LogP contribution in [0.1, 0.15) is 5.56 Å². The monoisotopic (exact) mass is 341 g/mol. The van der Waals surface area contributed by atoms with Crippen molar-refractivity contribution in [1.29, 1.82) is 0 Å². The predicted molar refractivity (Wildman–Crippen MR) is 92.4 cm³/mol. The standard InChI is InChI=1S/C17H16BrN3/c1-21(11-12-4-6-13(18)7-5-12)16-9-8-15-14(17(16)19)3-2-10-20-15/h2-10H,11,19H2,1H3. The highest BCUT2D eigenvalue weighted by molar-refractivity contribution is 9.10.